The van der Waals surface area contributed by atoms with Crippen molar-refractivity contribution in [1.82, 2.24) is 14.5 Å². The molecular weight excluding hydrogens is 314 g/mol. The van der Waals surface area contributed by atoms with Crippen molar-refractivity contribution >= 4 is 16.9 Å². The highest BCUT2D eigenvalue weighted by molar-refractivity contribution is 5.81. The first-order valence-electron chi connectivity index (χ1n) is 9.51. The minimum Gasteiger partial charge on any atom is -0.383 e. The normalized spacial score (nSPS) is 22.2. The number of para-hydroxylation sites is 2. The fourth-order valence-corrected chi connectivity index (χ4v) is 4.47. The number of aromatic nitrogens is 2. The summed E-state index contributed by atoms with van der Waals surface area (Å²) in [7, 11) is 1.72. The molecule has 5 heteroatoms. The van der Waals surface area contributed by atoms with Gasteiger partial charge in [0.2, 0.25) is 5.91 Å². The molecule has 0 radical (unpaired) electrons. The van der Waals surface area contributed by atoms with Crippen LogP contribution in [0.15, 0.2) is 24.3 Å². The molecule has 2 fully saturated rings. The molecule has 1 amide bonds. The van der Waals surface area contributed by atoms with Gasteiger partial charge in [-0.25, -0.2) is 4.98 Å². The molecule has 5 nitrogen and oxygen atoms in total. The number of hydrogen-bond acceptors (Lipinski definition) is 3. The van der Waals surface area contributed by atoms with Crippen LogP contribution in [-0.2, 0) is 16.1 Å². The number of carbonyl (C=O) groups excluding carboxylic acids is 1. The summed E-state index contributed by atoms with van der Waals surface area (Å²) in [6.07, 6.45) is 6.75. The van der Waals surface area contributed by atoms with Crippen LogP contribution < -0.4 is 0 Å². The number of benzene rings is 1. The number of amides is 1. The summed E-state index contributed by atoms with van der Waals surface area (Å²) in [5.74, 6) is 1.55. The molecule has 25 heavy (non-hydrogen) atoms. The third-order valence-corrected chi connectivity index (χ3v) is 5.74. The number of fused-ring (bicyclic) bond motifs is 1. The van der Waals surface area contributed by atoms with Crippen molar-refractivity contribution in [1.29, 1.82) is 0 Å². The van der Waals surface area contributed by atoms with Gasteiger partial charge in [0.25, 0.3) is 0 Å². The Balaban J connectivity index is 1.61. The zero-order valence-corrected chi connectivity index (χ0v) is 15.0. The summed E-state index contributed by atoms with van der Waals surface area (Å²) in [5, 5.41) is 0. The largest absolute Gasteiger partial charge is 0.383 e. The predicted molar refractivity (Wildman–Crippen MR) is 97.6 cm³/mol. The maximum atomic E-state index is 12.7. The summed E-state index contributed by atoms with van der Waals surface area (Å²) >= 11 is 0. The van der Waals surface area contributed by atoms with Gasteiger partial charge in [-0.2, -0.15) is 0 Å². The molecule has 1 aliphatic heterocycles. The average molecular weight is 341 g/mol. The summed E-state index contributed by atoms with van der Waals surface area (Å²) in [6, 6.07) is 8.68. The Morgan fingerprint density at radius 2 is 2.00 bits per heavy atom. The molecule has 1 unspecified atom stereocenters. The lowest BCUT2D eigenvalue weighted by Gasteiger charge is -2.31. The predicted octanol–water partition coefficient (Wildman–Crippen LogP) is 3.33. The SMILES string of the molecule is COCCn1c(C2CC(=O)N(C3CCCCC3)C2)nc2ccccc21. The van der Waals surface area contributed by atoms with Crippen molar-refractivity contribution in [3.8, 4) is 0 Å². The van der Waals surface area contributed by atoms with Crippen molar-refractivity contribution in [2.75, 3.05) is 20.3 Å². The van der Waals surface area contributed by atoms with Crippen LogP contribution in [0.1, 0.15) is 50.3 Å². The zero-order chi connectivity index (χ0) is 17.2. The quantitative estimate of drug-likeness (QED) is 0.838. The molecule has 1 aromatic carbocycles. The summed E-state index contributed by atoms with van der Waals surface area (Å²) < 4.78 is 7.54. The number of imidazole rings is 1. The van der Waals surface area contributed by atoms with Gasteiger partial charge in [0.1, 0.15) is 5.82 Å². The van der Waals surface area contributed by atoms with Crippen LogP contribution in [-0.4, -0.2) is 46.7 Å². The smallest absolute Gasteiger partial charge is 0.223 e. The van der Waals surface area contributed by atoms with Crippen molar-refractivity contribution < 1.29 is 9.53 Å². The van der Waals surface area contributed by atoms with E-state index in [1.54, 1.807) is 7.11 Å². The standard InChI is InChI=1S/C20H27N3O2/c1-25-12-11-22-18-10-6-5-9-17(18)21-20(22)15-13-19(24)23(14-15)16-7-3-2-4-8-16/h5-6,9-10,15-16H,2-4,7-8,11-14H2,1H3. The monoisotopic (exact) mass is 341 g/mol. The fourth-order valence-electron chi connectivity index (χ4n) is 4.47. The van der Waals surface area contributed by atoms with Crippen LogP contribution in [0.4, 0.5) is 0 Å². The van der Waals surface area contributed by atoms with Crippen molar-refractivity contribution in [2.24, 2.45) is 0 Å². The Bertz CT molecular complexity index is 748. The summed E-state index contributed by atoms with van der Waals surface area (Å²) in [5.41, 5.74) is 2.15. The van der Waals surface area contributed by atoms with Gasteiger partial charge in [-0.3, -0.25) is 4.79 Å². The molecule has 1 aromatic heterocycles. The molecule has 1 atom stereocenters. The van der Waals surface area contributed by atoms with Crippen LogP contribution in [0.5, 0.6) is 0 Å². The van der Waals surface area contributed by atoms with E-state index >= 15 is 0 Å². The van der Waals surface area contributed by atoms with E-state index in [1.165, 1.54) is 32.1 Å². The third-order valence-electron chi connectivity index (χ3n) is 5.74. The van der Waals surface area contributed by atoms with E-state index in [0.29, 0.717) is 25.0 Å². The first-order valence-corrected chi connectivity index (χ1v) is 9.51. The maximum absolute atomic E-state index is 12.7. The molecule has 134 valence electrons. The van der Waals surface area contributed by atoms with Gasteiger partial charge in [-0.05, 0) is 25.0 Å². The first-order chi connectivity index (χ1) is 12.3. The fraction of sp³-hybridized carbons (Fsp3) is 0.600. The summed E-state index contributed by atoms with van der Waals surface area (Å²) in [6.45, 7) is 2.25. The number of ether oxygens (including phenoxy) is 1. The maximum Gasteiger partial charge on any atom is 0.223 e. The van der Waals surface area contributed by atoms with Crippen LogP contribution >= 0.6 is 0 Å². The molecule has 2 aliphatic rings. The molecule has 1 saturated heterocycles. The number of likely N-dealkylation sites (tertiary alicyclic amines) is 1. The molecule has 0 spiro atoms. The molecule has 1 aliphatic carbocycles. The Kier molecular flexibility index (Phi) is 4.75. The second-order valence-electron chi connectivity index (χ2n) is 7.34. The van der Waals surface area contributed by atoms with Gasteiger partial charge in [0, 0.05) is 38.6 Å². The lowest BCUT2D eigenvalue weighted by Crippen LogP contribution is -2.37. The van der Waals surface area contributed by atoms with Crippen LogP contribution in [0, 0.1) is 0 Å². The van der Waals surface area contributed by atoms with Crippen molar-refractivity contribution in [3.63, 3.8) is 0 Å². The highest BCUT2D eigenvalue weighted by Gasteiger charge is 2.37. The zero-order valence-electron chi connectivity index (χ0n) is 15.0. The first kappa shape index (κ1) is 16.6. The van der Waals surface area contributed by atoms with Gasteiger partial charge in [-0.1, -0.05) is 31.4 Å². The van der Waals surface area contributed by atoms with E-state index in [4.69, 9.17) is 9.72 Å². The van der Waals surface area contributed by atoms with E-state index in [0.717, 1.165) is 29.9 Å². The van der Waals surface area contributed by atoms with Crippen molar-refractivity contribution in [3.05, 3.63) is 30.1 Å². The van der Waals surface area contributed by atoms with E-state index < -0.39 is 0 Å². The molecule has 4 rings (SSSR count). The van der Waals surface area contributed by atoms with E-state index in [9.17, 15) is 4.79 Å². The van der Waals surface area contributed by atoms with E-state index in [2.05, 4.69) is 21.6 Å². The molecule has 0 N–H and O–H groups in total. The third kappa shape index (κ3) is 3.17. The topological polar surface area (TPSA) is 47.4 Å². The van der Waals surface area contributed by atoms with Gasteiger partial charge in [0.15, 0.2) is 0 Å². The van der Waals surface area contributed by atoms with Crippen LogP contribution in [0.2, 0.25) is 0 Å². The Morgan fingerprint density at radius 3 is 2.80 bits per heavy atom. The molecule has 2 aromatic rings. The van der Waals surface area contributed by atoms with Gasteiger partial charge in [-0.15, -0.1) is 0 Å². The second-order valence-corrected chi connectivity index (χ2v) is 7.34. The number of carbonyl (C=O) groups is 1. The Hall–Kier alpha value is -1.88. The van der Waals surface area contributed by atoms with Gasteiger partial charge < -0.3 is 14.2 Å². The molecular formula is C20H27N3O2. The second kappa shape index (κ2) is 7.16. The lowest BCUT2D eigenvalue weighted by molar-refractivity contribution is -0.130. The Morgan fingerprint density at radius 1 is 1.20 bits per heavy atom. The lowest BCUT2D eigenvalue weighted by atomic mass is 9.94. The van der Waals surface area contributed by atoms with Gasteiger partial charge >= 0.3 is 0 Å². The van der Waals surface area contributed by atoms with E-state index in [-0.39, 0.29) is 5.92 Å². The van der Waals surface area contributed by atoms with Crippen molar-refractivity contribution in [2.45, 2.75) is 57.0 Å². The minimum absolute atomic E-state index is 0.193. The van der Waals surface area contributed by atoms with E-state index in [1.807, 2.05) is 12.1 Å². The molecule has 2 heterocycles. The molecule has 0 bridgehead atoms. The molecule has 1 saturated carbocycles. The number of hydrogen-bond donors (Lipinski definition) is 0. The highest BCUT2D eigenvalue weighted by atomic mass is 16.5. The Labute approximate surface area is 149 Å². The van der Waals surface area contributed by atoms with Gasteiger partial charge in [0.05, 0.1) is 17.6 Å². The minimum atomic E-state index is 0.193. The summed E-state index contributed by atoms with van der Waals surface area (Å²) in [4.78, 5) is 19.7. The van der Waals surface area contributed by atoms with Crippen LogP contribution in [0.3, 0.4) is 0 Å². The van der Waals surface area contributed by atoms with Crippen LogP contribution in [0.25, 0.3) is 11.0 Å². The average Bonchev–Trinajstić information content (AvgIpc) is 3.21. The number of methoxy groups -OCH3 is 1. The number of nitrogens with zero attached hydrogens (tertiary/aromatic N) is 3. The number of rotatable bonds is 5. The highest BCUT2D eigenvalue weighted by Crippen LogP contribution is 2.34.